The van der Waals surface area contributed by atoms with Gasteiger partial charge in [0, 0.05) is 38.9 Å². The number of aryl methyl sites for hydroxylation is 1. The highest BCUT2D eigenvalue weighted by Crippen LogP contribution is 2.18. The molecule has 100 valence electrons. The second-order valence-electron chi connectivity index (χ2n) is 4.34. The zero-order chi connectivity index (χ0) is 14.3. The summed E-state index contributed by atoms with van der Waals surface area (Å²) in [4.78, 5) is 12.6. The SMILES string of the molecule is Cc1cnc(N(C)CCC#N)nc1N(C)CCC#N. The minimum Gasteiger partial charge on any atom is -0.358 e. The molecule has 6 heteroatoms. The van der Waals surface area contributed by atoms with Gasteiger partial charge in [-0.2, -0.15) is 15.5 Å². The summed E-state index contributed by atoms with van der Waals surface area (Å²) in [5.74, 6) is 1.42. The van der Waals surface area contributed by atoms with Crippen molar-refractivity contribution in [1.82, 2.24) is 9.97 Å². The quantitative estimate of drug-likeness (QED) is 0.769. The van der Waals surface area contributed by atoms with Gasteiger partial charge in [-0.05, 0) is 6.92 Å². The van der Waals surface area contributed by atoms with Gasteiger partial charge in [0.15, 0.2) is 0 Å². The van der Waals surface area contributed by atoms with Gasteiger partial charge < -0.3 is 9.80 Å². The van der Waals surface area contributed by atoms with Gasteiger partial charge in [0.05, 0.1) is 25.0 Å². The van der Waals surface area contributed by atoms with Crippen LogP contribution in [0.15, 0.2) is 6.20 Å². The summed E-state index contributed by atoms with van der Waals surface area (Å²) in [5.41, 5.74) is 0.970. The van der Waals surface area contributed by atoms with Crippen LogP contribution in [0.2, 0.25) is 0 Å². The molecule has 0 fully saturated rings. The molecule has 0 N–H and O–H groups in total. The Balaban J connectivity index is 2.88. The molecule has 0 amide bonds. The van der Waals surface area contributed by atoms with Crippen LogP contribution < -0.4 is 9.80 Å². The van der Waals surface area contributed by atoms with Crippen LogP contribution in [0, 0.1) is 29.6 Å². The van der Waals surface area contributed by atoms with E-state index in [-0.39, 0.29) is 0 Å². The molecule has 1 rings (SSSR count). The number of nitriles is 2. The summed E-state index contributed by atoms with van der Waals surface area (Å²) in [5, 5.41) is 17.2. The Kier molecular flexibility index (Phi) is 5.56. The zero-order valence-corrected chi connectivity index (χ0v) is 11.6. The molecule has 0 aliphatic rings. The number of nitrogens with zero attached hydrogens (tertiary/aromatic N) is 6. The van der Waals surface area contributed by atoms with E-state index in [0.29, 0.717) is 31.9 Å². The Morgan fingerprint density at radius 2 is 1.68 bits per heavy atom. The van der Waals surface area contributed by atoms with Crippen molar-refractivity contribution in [1.29, 1.82) is 10.5 Å². The van der Waals surface area contributed by atoms with Crippen LogP contribution in [0.5, 0.6) is 0 Å². The Morgan fingerprint density at radius 1 is 1.11 bits per heavy atom. The third-order valence-corrected chi connectivity index (χ3v) is 2.75. The van der Waals surface area contributed by atoms with Gasteiger partial charge in [0.2, 0.25) is 5.95 Å². The van der Waals surface area contributed by atoms with Gasteiger partial charge in [0.25, 0.3) is 0 Å². The Morgan fingerprint density at radius 3 is 2.26 bits per heavy atom. The van der Waals surface area contributed by atoms with Crippen LogP contribution >= 0.6 is 0 Å². The zero-order valence-electron chi connectivity index (χ0n) is 11.6. The average molecular weight is 258 g/mol. The number of rotatable bonds is 6. The van der Waals surface area contributed by atoms with Gasteiger partial charge in [-0.15, -0.1) is 0 Å². The first kappa shape index (κ1) is 14.7. The van der Waals surface area contributed by atoms with Gasteiger partial charge in [-0.3, -0.25) is 0 Å². The van der Waals surface area contributed by atoms with Crippen molar-refractivity contribution < 1.29 is 0 Å². The molecular weight excluding hydrogens is 240 g/mol. The fourth-order valence-corrected chi connectivity index (χ4v) is 1.64. The summed E-state index contributed by atoms with van der Waals surface area (Å²) in [6.45, 7) is 3.17. The Bertz CT molecular complexity index is 499. The van der Waals surface area contributed by atoms with E-state index >= 15 is 0 Å². The lowest BCUT2D eigenvalue weighted by Gasteiger charge is -2.22. The lowest BCUT2D eigenvalue weighted by Crippen LogP contribution is -2.24. The topological polar surface area (TPSA) is 79.8 Å². The largest absolute Gasteiger partial charge is 0.358 e. The molecular formula is C13H18N6. The van der Waals surface area contributed by atoms with Crippen LogP contribution in [0.25, 0.3) is 0 Å². The van der Waals surface area contributed by atoms with Crippen molar-refractivity contribution in [2.24, 2.45) is 0 Å². The molecule has 0 aliphatic heterocycles. The summed E-state index contributed by atoms with van der Waals surface area (Å²) in [6, 6.07) is 4.22. The first-order valence-electron chi connectivity index (χ1n) is 6.10. The van der Waals surface area contributed by atoms with E-state index in [1.807, 2.05) is 30.8 Å². The first-order valence-corrected chi connectivity index (χ1v) is 6.10. The van der Waals surface area contributed by atoms with E-state index in [2.05, 4.69) is 22.1 Å². The third kappa shape index (κ3) is 4.11. The minimum atomic E-state index is 0.438. The molecule has 0 unspecified atom stereocenters. The van der Waals surface area contributed by atoms with E-state index in [9.17, 15) is 0 Å². The standard InChI is InChI=1S/C13H18N6/c1-11-10-16-13(19(3)9-5-7-15)17-12(11)18(2)8-4-6-14/h10H,4-5,8-9H2,1-3H3. The molecule has 1 aromatic rings. The third-order valence-electron chi connectivity index (χ3n) is 2.75. The molecule has 1 aromatic heterocycles. The molecule has 0 bridgehead atoms. The molecule has 0 aliphatic carbocycles. The summed E-state index contributed by atoms with van der Waals surface area (Å²) >= 11 is 0. The molecule has 0 radical (unpaired) electrons. The summed E-state index contributed by atoms with van der Waals surface area (Å²) in [6.07, 6.45) is 2.66. The van der Waals surface area contributed by atoms with Crippen molar-refractivity contribution in [2.75, 3.05) is 37.0 Å². The second-order valence-corrected chi connectivity index (χ2v) is 4.34. The maximum atomic E-state index is 8.62. The molecule has 6 nitrogen and oxygen atoms in total. The molecule has 0 saturated carbocycles. The van der Waals surface area contributed by atoms with Crippen LogP contribution in [0.3, 0.4) is 0 Å². The van der Waals surface area contributed by atoms with Crippen molar-refractivity contribution in [3.05, 3.63) is 11.8 Å². The number of hydrogen-bond donors (Lipinski definition) is 0. The highest BCUT2D eigenvalue weighted by molar-refractivity contribution is 5.49. The van der Waals surface area contributed by atoms with Crippen molar-refractivity contribution in [3.8, 4) is 12.1 Å². The normalized spacial score (nSPS) is 9.53. The fraction of sp³-hybridized carbons (Fsp3) is 0.538. The molecule has 1 heterocycles. The lowest BCUT2D eigenvalue weighted by atomic mass is 10.3. The summed E-state index contributed by atoms with van der Waals surface area (Å²) in [7, 11) is 3.77. The number of aromatic nitrogens is 2. The van der Waals surface area contributed by atoms with E-state index in [4.69, 9.17) is 10.5 Å². The predicted octanol–water partition coefficient (Wildman–Crippen LogP) is 1.48. The molecule has 0 aromatic carbocycles. The maximum absolute atomic E-state index is 8.62. The Labute approximate surface area is 113 Å². The van der Waals surface area contributed by atoms with Crippen LogP contribution in [0.4, 0.5) is 11.8 Å². The van der Waals surface area contributed by atoms with E-state index in [1.165, 1.54) is 0 Å². The van der Waals surface area contributed by atoms with Crippen molar-refractivity contribution in [2.45, 2.75) is 19.8 Å². The molecule has 0 atom stereocenters. The van der Waals surface area contributed by atoms with E-state index < -0.39 is 0 Å². The fourth-order valence-electron chi connectivity index (χ4n) is 1.64. The second kappa shape index (κ2) is 7.17. The predicted molar refractivity (Wildman–Crippen MR) is 73.8 cm³/mol. The highest BCUT2D eigenvalue weighted by Gasteiger charge is 2.11. The van der Waals surface area contributed by atoms with Crippen LogP contribution in [-0.2, 0) is 0 Å². The van der Waals surface area contributed by atoms with Gasteiger partial charge in [0.1, 0.15) is 5.82 Å². The van der Waals surface area contributed by atoms with Gasteiger partial charge in [-0.1, -0.05) is 0 Å². The maximum Gasteiger partial charge on any atom is 0.227 e. The average Bonchev–Trinajstić information content (AvgIpc) is 2.42. The van der Waals surface area contributed by atoms with E-state index in [0.717, 1.165) is 11.4 Å². The smallest absolute Gasteiger partial charge is 0.227 e. The Hall–Kier alpha value is -2.34. The van der Waals surface area contributed by atoms with E-state index in [1.54, 1.807) is 6.20 Å². The van der Waals surface area contributed by atoms with Crippen LogP contribution in [0.1, 0.15) is 18.4 Å². The lowest BCUT2D eigenvalue weighted by molar-refractivity contribution is 0.831. The number of hydrogen-bond acceptors (Lipinski definition) is 6. The van der Waals surface area contributed by atoms with Crippen LogP contribution in [-0.4, -0.2) is 37.2 Å². The van der Waals surface area contributed by atoms with Gasteiger partial charge >= 0.3 is 0 Å². The minimum absolute atomic E-state index is 0.438. The monoisotopic (exact) mass is 258 g/mol. The molecule has 0 saturated heterocycles. The molecule has 19 heavy (non-hydrogen) atoms. The first-order chi connectivity index (χ1) is 9.10. The highest BCUT2D eigenvalue weighted by atomic mass is 15.3. The summed E-state index contributed by atoms with van der Waals surface area (Å²) < 4.78 is 0. The number of anilines is 2. The molecule has 0 spiro atoms. The van der Waals surface area contributed by atoms with Crippen molar-refractivity contribution >= 4 is 11.8 Å². The van der Waals surface area contributed by atoms with Gasteiger partial charge in [-0.25, -0.2) is 4.98 Å². The van der Waals surface area contributed by atoms with Crippen molar-refractivity contribution in [3.63, 3.8) is 0 Å².